The molecule has 0 unspecified atom stereocenters. The highest BCUT2D eigenvalue weighted by molar-refractivity contribution is 7.90. The van der Waals surface area contributed by atoms with Gasteiger partial charge in [-0.1, -0.05) is 12.1 Å². The SMILES string of the molecule is Cc1cc(NC(=O)c2ccc(C)c(-n3cccc3)c2)ccc1NC(=O)c1cccc(S(C)(=O)=O)c1. The molecule has 0 atom stereocenters. The number of rotatable bonds is 6. The second-order valence-electron chi connectivity index (χ2n) is 8.33. The van der Waals surface area contributed by atoms with Gasteiger partial charge in [-0.2, -0.15) is 0 Å². The van der Waals surface area contributed by atoms with Crippen molar-refractivity contribution in [2.45, 2.75) is 18.7 Å². The number of sulfone groups is 1. The number of nitrogens with one attached hydrogen (secondary N) is 2. The van der Waals surface area contributed by atoms with Gasteiger partial charge in [-0.15, -0.1) is 0 Å². The van der Waals surface area contributed by atoms with Crippen molar-refractivity contribution in [2.24, 2.45) is 0 Å². The molecule has 2 amide bonds. The Hall–Kier alpha value is -4.17. The third kappa shape index (κ3) is 5.50. The maximum absolute atomic E-state index is 12.9. The Kier molecular flexibility index (Phi) is 6.57. The predicted molar refractivity (Wildman–Crippen MR) is 137 cm³/mol. The van der Waals surface area contributed by atoms with Crippen LogP contribution in [0.1, 0.15) is 31.8 Å². The number of anilines is 2. The maximum atomic E-state index is 12.9. The van der Waals surface area contributed by atoms with E-state index in [1.807, 2.05) is 55.1 Å². The molecule has 35 heavy (non-hydrogen) atoms. The first-order valence-corrected chi connectivity index (χ1v) is 12.8. The lowest BCUT2D eigenvalue weighted by Crippen LogP contribution is -2.15. The third-order valence-corrected chi connectivity index (χ3v) is 6.72. The minimum atomic E-state index is -3.42. The van der Waals surface area contributed by atoms with Gasteiger partial charge in [0.25, 0.3) is 11.8 Å². The van der Waals surface area contributed by atoms with Gasteiger partial charge in [0.05, 0.1) is 4.90 Å². The zero-order chi connectivity index (χ0) is 25.2. The Bertz CT molecular complexity index is 1520. The van der Waals surface area contributed by atoms with Crippen LogP contribution in [0.15, 0.2) is 90.1 Å². The minimum absolute atomic E-state index is 0.0796. The average Bonchev–Trinajstić information content (AvgIpc) is 3.35. The van der Waals surface area contributed by atoms with Crippen molar-refractivity contribution in [3.05, 3.63) is 107 Å². The molecule has 0 aliphatic rings. The number of aromatic nitrogens is 1. The molecule has 0 spiro atoms. The molecule has 0 saturated heterocycles. The highest BCUT2D eigenvalue weighted by atomic mass is 32.2. The van der Waals surface area contributed by atoms with E-state index in [-0.39, 0.29) is 16.4 Å². The number of nitrogens with zero attached hydrogens (tertiary/aromatic N) is 1. The summed E-state index contributed by atoms with van der Waals surface area (Å²) in [4.78, 5) is 25.6. The van der Waals surface area contributed by atoms with E-state index in [2.05, 4.69) is 10.6 Å². The lowest BCUT2D eigenvalue weighted by atomic mass is 10.1. The molecular weight excluding hydrogens is 462 g/mol. The number of aryl methyl sites for hydroxylation is 2. The molecule has 2 N–H and O–H groups in total. The molecule has 4 rings (SSSR count). The lowest BCUT2D eigenvalue weighted by molar-refractivity contribution is 0.101. The summed E-state index contributed by atoms with van der Waals surface area (Å²) in [5, 5.41) is 5.70. The van der Waals surface area contributed by atoms with Gasteiger partial charge < -0.3 is 15.2 Å². The zero-order valence-corrected chi connectivity index (χ0v) is 20.4. The Morgan fingerprint density at radius 2 is 1.43 bits per heavy atom. The van der Waals surface area contributed by atoms with Crippen LogP contribution in [-0.4, -0.2) is 31.1 Å². The second kappa shape index (κ2) is 9.60. The molecule has 7 nitrogen and oxygen atoms in total. The Morgan fingerprint density at radius 3 is 2.11 bits per heavy atom. The monoisotopic (exact) mass is 487 g/mol. The van der Waals surface area contributed by atoms with E-state index in [0.29, 0.717) is 16.9 Å². The molecule has 0 fully saturated rings. The number of hydrogen-bond donors (Lipinski definition) is 2. The van der Waals surface area contributed by atoms with Crippen molar-refractivity contribution in [1.82, 2.24) is 4.57 Å². The standard InChI is InChI=1S/C27H25N3O4S/c1-18-9-10-21(17-25(18)30-13-4-5-14-30)26(31)28-22-11-12-24(19(2)15-22)29-27(32)20-7-6-8-23(16-20)35(3,33)34/h4-17H,1-3H3,(H,28,31)(H,29,32). The molecule has 8 heteroatoms. The van der Waals surface area contributed by atoms with Gasteiger partial charge >= 0.3 is 0 Å². The van der Waals surface area contributed by atoms with E-state index in [1.54, 1.807) is 30.3 Å². The van der Waals surface area contributed by atoms with Gasteiger partial charge in [-0.25, -0.2) is 8.42 Å². The number of carbonyl (C=O) groups is 2. The number of amides is 2. The van der Waals surface area contributed by atoms with Crippen LogP contribution in [0, 0.1) is 13.8 Å². The van der Waals surface area contributed by atoms with Crippen LogP contribution in [0.25, 0.3) is 5.69 Å². The summed E-state index contributed by atoms with van der Waals surface area (Å²) in [5.41, 5.74) is 4.64. The fourth-order valence-corrected chi connectivity index (χ4v) is 4.34. The highest BCUT2D eigenvalue weighted by Gasteiger charge is 2.14. The molecule has 4 aromatic rings. The summed E-state index contributed by atoms with van der Waals surface area (Å²) in [5.74, 6) is -0.667. The lowest BCUT2D eigenvalue weighted by Gasteiger charge is -2.13. The summed E-state index contributed by atoms with van der Waals surface area (Å²) in [7, 11) is -3.42. The summed E-state index contributed by atoms with van der Waals surface area (Å²) in [6.45, 7) is 3.80. The number of benzene rings is 3. The maximum Gasteiger partial charge on any atom is 0.255 e. The van der Waals surface area contributed by atoms with Crippen LogP contribution in [0.2, 0.25) is 0 Å². The van der Waals surface area contributed by atoms with Gasteiger partial charge in [-0.3, -0.25) is 9.59 Å². The second-order valence-corrected chi connectivity index (χ2v) is 10.3. The Balaban J connectivity index is 1.49. The van der Waals surface area contributed by atoms with Crippen molar-refractivity contribution < 1.29 is 18.0 Å². The van der Waals surface area contributed by atoms with Crippen LogP contribution in [0.3, 0.4) is 0 Å². The summed E-state index contributed by atoms with van der Waals surface area (Å²) in [6, 6.07) is 20.4. The van der Waals surface area contributed by atoms with E-state index in [9.17, 15) is 18.0 Å². The van der Waals surface area contributed by atoms with E-state index in [0.717, 1.165) is 23.1 Å². The molecule has 0 radical (unpaired) electrons. The predicted octanol–water partition coefficient (Wildman–Crippen LogP) is 5.00. The van der Waals surface area contributed by atoms with Crippen molar-refractivity contribution in [3.63, 3.8) is 0 Å². The normalized spacial score (nSPS) is 11.2. The van der Waals surface area contributed by atoms with E-state index in [4.69, 9.17) is 0 Å². The van der Waals surface area contributed by atoms with Gasteiger partial charge in [0.1, 0.15) is 0 Å². The first-order chi connectivity index (χ1) is 16.6. The third-order valence-electron chi connectivity index (χ3n) is 5.61. The van der Waals surface area contributed by atoms with Crippen LogP contribution < -0.4 is 10.6 Å². The van der Waals surface area contributed by atoms with Crippen molar-refractivity contribution >= 4 is 33.0 Å². The molecule has 1 heterocycles. The summed E-state index contributed by atoms with van der Waals surface area (Å²) in [6.07, 6.45) is 4.95. The van der Waals surface area contributed by atoms with Crippen molar-refractivity contribution in [1.29, 1.82) is 0 Å². The fraction of sp³-hybridized carbons (Fsp3) is 0.111. The molecule has 0 bridgehead atoms. The molecule has 0 aliphatic carbocycles. The van der Waals surface area contributed by atoms with E-state index in [1.165, 1.54) is 18.2 Å². The number of carbonyl (C=O) groups excluding carboxylic acids is 2. The molecule has 0 saturated carbocycles. The number of hydrogen-bond acceptors (Lipinski definition) is 4. The van der Waals surface area contributed by atoms with Crippen molar-refractivity contribution in [3.8, 4) is 5.69 Å². The van der Waals surface area contributed by atoms with Crippen molar-refractivity contribution in [2.75, 3.05) is 16.9 Å². The van der Waals surface area contributed by atoms with Crippen LogP contribution >= 0.6 is 0 Å². The van der Waals surface area contributed by atoms with Crippen LogP contribution in [-0.2, 0) is 9.84 Å². The summed E-state index contributed by atoms with van der Waals surface area (Å²) >= 11 is 0. The molecule has 0 aliphatic heterocycles. The van der Waals surface area contributed by atoms with Crippen LogP contribution in [0.5, 0.6) is 0 Å². The largest absolute Gasteiger partial charge is 0.324 e. The van der Waals surface area contributed by atoms with Gasteiger partial charge in [-0.05, 0) is 85.6 Å². The average molecular weight is 488 g/mol. The molecular formula is C27H25N3O4S. The first-order valence-electron chi connectivity index (χ1n) is 10.9. The van der Waals surface area contributed by atoms with E-state index < -0.39 is 15.7 Å². The topological polar surface area (TPSA) is 97.3 Å². The van der Waals surface area contributed by atoms with E-state index >= 15 is 0 Å². The Morgan fingerprint density at radius 1 is 0.743 bits per heavy atom. The highest BCUT2D eigenvalue weighted by Crippen LogP contribution is 2.23. The first kappa shape index (κ1) is 24.0. The minimum Gasteiger partial charge on any atom is -0.324 e. The Labute approximate surface area is 204 Å². The zero-order valence-electron chi connectivity index (χ0n) is 19.6. The fourth-order valence-electron chi connectivity index (χ4n) is 3.67. The summed E-state index contributed by atoms with van der Waals surface area (Å²) < 4.78 is 25.5. The molecule has 178 valence electrons. The quantitative estimate of drug-likeness (QED) is 0.400. The molecule has 3 aromatic carbocycles. The van der Waals surface area contributed by atoms with Gasteiger partial charge in [0, 0.05) is 46.8 Å². The van der Waals surface area contributed by atoms with Gasteiger partial charge in [0.2, 0.25) is 0 Å². The van der Waals surface area contributed by atoms with Crippen LogP contribution in [0.4, 0.5) is 11.4 Å². The molecule has 1 aromatic heterocycles. The van der Waals surface area contributed by atoms with Gasteiger partial charge in [0.15, 0.2) is 9.84 Å². The smallest absolute Gasteiger partial charge is 0.255 e.